The molecule has 0 saturated heterocycles. The summed E-state index contributed by atoms with van der Waals surface area (Å²) in [7, 11) is 0. The van der Waals surface area contributed by atoms with E-state index in [1.54, 1.807) is 0 Å². The van der Waals surface area contributed by atoms with Crippen molar-refractivity contribution in [1.82, 2.24) is 0 Å². The van der Waals surface area contributed by atoms with Crippen molar-refractivity contribution in [3.8, 4) is 0 Å². The van der Waals surface area contributed by atoms with Crippen LogP contribution >= 0.6 is 82.6 Å². The molecule has 0 fully saturated rings. The van der Waals surface area contributed by atoms with Crippen molar-refractivity contribution in [3.63, 3.8) is 0 Å². The molecule has 1 aromatic rings. The zero-order valence-electron chi connectivity index (χ0n) is 7.33. The Morgan fingerprint density at radius 2 is 1.56 bits per heavy atom. The van der Waals surface area contributed by atoms with Crippen molar-refractivity contribution in [2.45, 2.75) is 2.14 Å². The number of amides is 1. The molecule has 0 aromatic heterocycles. The largest absolute Gasteiger partial charge is 0.322 e. The van der Waals surface area contributed by atoms with Crippen molar-refractivity contribution in [2.24, 2.45) is 0 Å². The highest BCUT2D eigenvalue weighted by atomic mass is 80.0. The quantitative estimate of drug-likeness (QED) is 0.427. The SMILES string of the molecule is O=C(Nc1cc(Cl)c(Cl)cc1Cl)C(Br)(Br)Br. The van der Waals surface area contributed by atoms with E-state index < -0.39 is 2.14 Å². The summed E-state index contributed by atoms with van der Waals surface area (Å²) in [5, 5.41) is 3.51. The first-order valence-electron chi connectivity index (χ1n) is 3.74. The van der Waals surface area contributed by atoms with Crippen LogP contribution in [0.4, 0.5) is 5.69 Å². The van der Waals surface area contributed by atoms with Gasteiger partial charge in [-0.3, -0.25) is 4.79 Å². The number of nitrogens with one attached hydrogen (secondary N) is 1. The van der Waals surface area contributed by atoms with E-state index in [1.807, 2.05) is 0 Å². The molecule has 0 bridgehead atoms. The number of hydrogen-bond acceptors (Lipinski definition) is 1. The van der Waals surface area contributed by atoms with E-state index in [4.69, 9.17) is 34.8 Å². The van der Waals surface area contributed by atoms with Gasteiger partial charge >= 0.3 is 0 Å². The van der Waals surface area contributed by atoms with Gasteiger partial charge < -0.3 is 5.32 Å². The van der Waals surface area contributed by atoms with Gasteiger partial charge in [0.05, 0.1) is 20.8 Å². The van der Waals surface area contributed by atoms with E-state index in [-0.39, 0.29) is 5.91 Å². The Morgan fingerprint density at radius 3 is 2.06 bits per heavy atom. The van der Waals surface area contributed by atoms with E-state index in [2.05, 4.69) is 53.1 Å². The summed E-state index contributed by atoms with van der Waals surface area (Å²) in [6.45, 7) is 0. The number of benzene rings is 1. The first-order chi connectivity index (χ1) is 7.21. The molecule has 0 aliphatic carbocycles. The van der Waals surface area contributed by atoms with E-state index in [0.717, 1.165) is 0 Å². The van der Waals surface area contributed by atoms with E-state index in [1.165, 1.54) is 12.1 Å². The smallest absolute Gasteiger partial charge is 0.263 e. The summed E-state index contributed by atoms with van der Waals surface area (Å²) in [4.78, 5) is 11.6. The molecule has 1 rings (SSSR count). The highest BCUT2D eigenvalue weighted by Gasteiger charge is 2.29. The molecule has 8 heteroatoms. The average Bonchev–Trinajstić information content (AvgIpc) is 2.12. The highest BCUT2D eigenvalue weighted by Crippen LogP contribution is 2.37. The normalized spacial score (nSPS) is 11.4. The molecule has 16 heavy (non-hydrogen) atoms. The van der Waals surface area contributed by atoms with Gasteiger partial charge in [0, 0.05) is 0 Å². The fraction of sp³-hybridized carbons (Fsp3) is 0.125. The summed E-state index contributed by atoms with van der Waals surface area (Å²) >= 11 is 26.7. The maximum absolute atomic E-state index is 11.6. The molecule has 2 nitrogen and oxygen atoms in total. The standard InChI is InChI=1S/C8H3Br3Cl3NO/c9-8(10,11)7(16)15-6-2-4(13)3(12)1-5(6)14/h1-2H,(H,15,16). The second-order valence-corrected chi connectivity index (χ2v) is 10.7. The second-order valence-electron chi connectivity index (χ2n) is 2.70. The van der Waals surface area contributed by atoms with Gasteiger partial charge in [-0.25, -0.2) is 0 Å². The monoisotopic (exact) mass is 471 g/mol. The second kappa shape index (κ2) is 5.76. The fourth-order valence-corrected chi connectivity index (χ4v) is 1.70. The van der Waals surface area contributed by atoms with Gasteiger partial charge in [-0.05, 0) is 59.9 Å². The molecule has 0 heterocycles. The van der Waals surface area contributed by atoms with Crippen molar-refractivity contribution in [2.75, 3.05) is 5.32 Å². The van der Waals surface area contributed by atoms with Gasteiger partial charge in [0.25, 0.3) is 5.91 Å². The molecule has 1 aromatic carbocycles. The van der Waals surface area contributed by atoms with Crippen LogP contribution in [-0.4, -0.2) is 8.05 Å². The lowest BCUT2D eigenvalue weighted by atomic mass is 10.3. The predicted molar refractivity (Wildman–Crippen MR) is 79.6 cm³/mol. The van der Waals surface area contributed by atoms with Gasteiger partial charge in [-0.1, -0.05) is 34.8 Å². The lowest BCUT2D eigenvalue weighted by molar-refractivity contribution is -0.114. The van der Waals surface area contributed by atoms with Crippen LogP contribution in [0.5, 0.6) is 0 Å². The van der Waals surface area contributed by atoms with Crippen molar-refractivity contribution in [1.29, 1.82) is 0 Å². The first-order valence-corrected chi connectivity index (χ1v) is 7.26. The molecule has 0 aliphatic heterocycles. The minimum atomic E-state index is -1.05. The van der Waals surface area contributed by atoms with Crippen LogP contribution in [0.25, 0.3) is 0 Å². The Bertz CT molecular complexity index is 433. The average molecular weight is 475 g/mol. The lowest BCUT2D eigenvalue weighted by Gasteiger charge is -2.14. The Labute approximate surface area is 132 Å². The van der Waals surface area contributed by atoms with Gasteiger partial charge in [0.1, 0.15) is 0 Å². The molecule has 0 unspecified atom stereocenters. The zero-order valence-corrected chi connectivity index (χ0v) is 14.4. The van der Waals surface area contributed by atoms with Gasteiger partial charge in [0.2, 0.25) is 2.14 Å². The van der Waals surface area contributed by atoms with Crippen LogP contribution in [0.3, 0.4) is 0 Å². The predicted octanol–water partition coefficient (Wildman–Crippen LogP) is 5.42. The summed E-state index contributed by atoms with van der Waals surface area (Å²) in [5.74, 6) is -0.382. The van der Waals surface area contributed by atoms with Crippen LogP contribution in [0.2, 0.25) is 15.1 Å². The molecule has 0 spiro atoms. The third-order valence-corrected chi connectivity index (χ3v) is 3.63. The van der Waals surface area contributed by atoms with Crippen LogP contribution in [0, 0.1) is 0 Å². The zero-order chi connectivity index (χ0) is 12.5. The number of carbonyl (C=O) groups excluding carboxylic acids is 1. The first kappa shape index (κ1) is 15.1. The van der Waals surface area contributed by atoms with E-state index in [0.29, 0.717) is 20.8 Å². The van der Waals surface area contributed by atoms with Gasteiger partial charge in [-0.2, -0.15) is 0 Å². The molecular formula is C8H3Br3Cl3NO. The number of anilines is 1. The van der Waals surface area contributed by atoms with Crippen molar-refractivity contribution in [3.05, 3.63) is 27.2 Å². The summed E-state index contributed by atoms with van der Waals surface area (Å²) in [6.07, 6.45) is 0. The van der Waals surface area contributed by atoms with Crippen LogP contribution in [0.15, 0.2) is 12.1 Å². The maximum Gasteiger partial charge on any atom is 0.263 e. The maximum atomic E-state index is 11.6. The topological polar surface area (TPSA) is 29.1 Å². The fourth-order valence-electron chi connectivity index (χ4n) is 0.812. The van der Waals surface area contributed by atoms with Crippen LogP contribution in [-0.2, 0) is 4.79 Å². The third-order valence-electron chi connectivity index (χ3n) is 1.52. The third kappa shape index (κ3) is 4.03. The summed E-state index contributed by atoms with van der Waals surface area (Å²) < 4.78 is -1.05. The highest BCUT2D eigenvalue weighted by molar-refractivity contribution is 9.40. The molecule has 0 saturated carbocycles. The minimum absolute atomic E-state index is 0.305. The Hall–Kier alpha value is 1.000. The van der Waals surface area contributed by atoms with Crippen molar-refractivity contribution >= 4 is 94.2 Å². The number of rotatable bonds is 1. The molecule has 0 radical (unpaired) electrons. The van der Waals surface area contributed by atoms with E-state index in [9.17, 15) is 4.79 Å². The summed E-state index contributed by atoms with van der Waals surface area (Å²) in [5.41, 5.74) is 0.379. The summed E-state index contributed by atoms with van der Waals surface area (Å²) in [6, 6.07) is 2.93. The number of carbonyl (C=O) groups is 1. The van der Waals surface area contributed by atoms with Gasteiger partial charge in [-0.15, -0.1) is 0 Å². The Balaban J connectivity index is 2.99. The lowest BCUT2D eigenvalue weighted by Crippen LogP contribution is -2.25. The Morgan fingerprint density at radius 1 is 1.06 bits per heavy atom. The van der Waals surface area contributed by atoms with Crippen LogP contribution in [0.1, 0.15) is 0 Å². The minimum Gasteiger partial charge on any atom is -0.322 e. The van der Waals surface area contributed by atoms with Gasteiger partial charge in [0.15, 0.2) is 0 Å². The molecule has 1 N–H and O–H groups in total. The molecule has 88 valence electrons. The van der Waals surface area contributed by atoms with E-state index >= 15 is 0 Å². The number of halogens is 6. The van der Waals surface area contributed by atoms with Crippen LogP contribution < -0.4 is 5.32 Å². The van der Waals surface area contributed by atoms with Crippen molar-refractivity contribution < 1.29 is 4.79 Å². The molecular weight excluding hydrogens is 472 g/mol. The molecule has 0 atom stereocenters. The molecule has 1 amide bonds. The number of alkyl halides is 3. The Kier molecular flexibility index (Phi) is 5.42. The number of hydrogen-bond donors (Lipinski definition) is 1. The molecule has 0 aliphatic rings.